The Morgan fingerprint density at radius 3 is 2.57 bits per heavy atom. The summed E-state index contributed by atoms with van der Waals surface area (Å²) in [6, 6.07) is 10.0. The number of nitrogens with two attached hydrogens (primary N) is 1. The van der Waals surface area contributed by atoms with Gasteiger partial charge in [-0.05, 0) is 17.2 Å². The summed E-state index contributed by atoms with van der Waals surface area (Å²) in [6.07, 6.45) is 3.70. The third-order valence-corrected chi connectivity index (χ3v) is 3.19. The Labute approximate surface area is 130 Å². The Bertz CT molecular complexity index is 539. The maximum absolute atomic E-state index is 11.6. The van der Waals surface area contributed by atoms with Crippen molar-refractivity contribution in [3.63, 3.8) is 0 Å². The summed E-state index contributed by atoms with van der Waals surface area (Å²) in [5.41, 5.74) is 7.71. The maximum atomic E-state index is 11.6. The molecule has 3 N–H and O–H groups in total. The number of carbonyl (C=O) groups excluding carboxylic acids is 1. The lowest BCUT2D eigenvalue weighted by Crippen LogP contribution is -2.32. The lowest BCUT2D eigenvalue weighted by Gasteiger charge is -2.10. The second-order valence-electron chi connectivity index (χ2n) is 4.87. The summed E-state index contributed by atoms with van der Waals surface area (Å²) < 4.78 is 1.87. The van der Waals surface area contributed by atoms with Gasteiger partial charge in [-0.25, -0.2) is 0 Å². The highest BCUT2D eigenvalue weighted by Crippen LogP contribution is 2.06. The molecule has 1 aromatic carbocycles. The molecule has 2 rings (SSSR count). The number of benzene rings is 1. The number of nitrogens with zero attached hydrogens (tertiary/aromatic N) is 2. The molecule has 1 amide bonds. The van der Waals surface area contributed by atoms with Crippen LogP contribution < -0.4 is 11.1 Å². The van der Waals surface area contributed by atoms with Crippen molar-refractivity contribution < 1.29 is 4.79 Å². The molecule has 1 aromatic heterocycles. The van der Waals surface area contributed by atoms with Crippen molar-refractivity contribution in [2.75, 3.05) is 6.54 Å². The number of aromatic nitrogens is 2. The van der Waals surface area contributed by atoms with Gasteiger partial charge in [-0.1, -0.05) is 31.2 Å². The summed E-state index contributed by atoms with van der Waals surface area (Å²) in [6.45, 7) is 3.48. The monoisotopic (exact) mass is 308 g/mol. The highest BCUT2D eigenvalue weighted by atomic mass is 35.5. The fourth-order valence-corrected chi connectivity index (χ4v) is 1.81. The first-order chi connectivity index (χ1) is 9.69. The third-order valence-electron chi connectivity index (χ3n) is 3.19. The van der Waals surface area contributed by atoms with Gasteiger partial charge in [0.2, 0.25) is 5.91 Å². The number of rotatable bonds is 6. The Morgan fingerprint density at radius 1 is 1.33 bits per heavy atom. The molecule has 0 aliphatic rings. The summed E-state index contributed by atoms with van der Waals surface area (Å²) in [5.74, 6) is -0.151. The number of halogens is 1. The topological polar surface area (TPSA) is 72.9 Å². The minimum atomic E-state index is -0.144. The molecule has 114 valence electrons. The van der Waals surface area contributed by atoms with E-state index < -0.39 is 0 Å². The van der Waals surface area contributed by atoms with Crippen LogP contribution in [0.2, 0.25) is 0 Å². The highest BCUT2D eigenvalue weighted by Gasteiger charge is 2.09. The summed E-state index contributed by atoms with van der Waals surface area (Å²) in [7, 11) is 0. The molecule has 0 radical (unpaired) electrons. The van der Waals surface area contributed by atoms with Crippen LogP contribution >= 0.6 is 12.4 Å². The van der Waals surface area contributed by atoms with Gasteiger partial charge >= 0.3 is 0 Å². The molecule has 0 fully saturated rings. The van der Waals surface area contributed by atoms with E-state index in [1.807, 2.05) is 36.0 Å². The number of nitrogens with one attached hydrogen (secondary N) is 1. The van der Waals surface area contributed by atoms with Gasteiger partial charge < -0.3 is 11.1 Å². The zero-order chi connectivity index (χ0) is 14.4. The molecule has 0 spiro atoms. The van der Waals surface area contributed by atoms with Crippen LogP contribution in [0.15, 0.2) is 42.7 Å². The van der Waals surface area contributed by atoms with E-state index in [-0.39, 0.29) is 24.2 Å². The van der Waals surface area contributed by atoms with E-state index in [1.165, 1.54) is 5.56 Å². The van der Waals surface area contributed by atoms with Crippen molar-refractivity contribution >= 4 is 18.3 Å². The van der Waals surface area contributed by atoms with Gasteiger partial charge in [0, 0.05) is 31.4 Å². The number of hydrogen-bond donors (Lipinski definition) is 2. The van der Waals surface area contributed by atoms with Crippen LogP contribution in [0.5, 0.6) is 0 Å². The zero-order valence-corrected chi connectivity index (χ0v) is 12.8. The van der Waals surface area contributed by atoms with Gasteiger partial charge in [0.15, 0.2) is 0 Å². The molecule has 21 heavy (non-hydrogen) atoms. The second-order valence-corrected chi connectivity index (χ2v) is 4.87. The first kappa shape index (κ1) is 17.2. The van der Waals surface area contributed by atoms with Crippen molar-refractivity contribution in [3.8, 4) is 0 Å². The van der Waals surface area contributed by atoms with E-state index in [4.69, 9.17) is 5.73 Å². The smallest absolute Gasteiger partial charge is 0.224 e. The minimum absolute atomic E-state index is 0. The highest BCUT2D eigenvalue weighted by molar-refractivity contribution is 5.85. The predicted molar refractivity (Wildman–Crippen MR) is 85.1 cm³/mol. The fourth-order valence-electron chi connectivity index (χ4n) is 1.81. The van der Waals surface area contributed by atoms with E-state index in [0.29, 0.717) is 13.1 Å². The van der Waals surface area contributed by atoms with Crippen molar-refractivity contribution in [2.24, 2.45) is 11.7 Å². The second kappa shape index (κ2) is 8.44. The van der Waals surface area contributed by atoms with Crippen LogP contribution in [0.4, 0.5) is 0 Å². The Balaban J connectivity index is 0.00000220. The van der Waals surface area contributed by atoms with Gasteiger partial charge in [0.25, 0.3) is 0 Å². The molecular weight excluding hydrogens is 288 g/mol. The lowest BCUT2D eigenvalue weighted by atomic mass is 10.1. The van der Waals surface area contributed by atoms with Crippen LogP contribution in [-0.4, -0.2) is 22.2 Å². The minimum Gasteiger partial charge on any atom is -0.352 e. The van der Waals surface area contributed by atoms with E-state index >= 15 is 0 Å². The number of carbonyl (C=O) groups is 1. The molecule has 0 aliphatic carbocycles. The summed E-state index contributed by atoms with van der Waals surface area (Å²) in [4.78, 5) is 11.6. The van der Waals surface area contributed by atoms with Gasteiger partial charge in [0.1, 0.15) is 0 Å². The fraction of sp³-hybridized carbons (Fsp3) is 0.333. The van der Waals surface area contributed by atoms with Crippen molar-refractivity contribution in [1.29, 1.82) is 0 Å². The quantitative estimate of drug-likeness (QED) is 0.850. The zero-order valence-electron chi connectivity index (χ0n) is 12.0. The number of amides is 1. The molecule has 0 aliphatic heterocycles. The first-order valence-electron chi connectivity index (χ1n) is 6.72. The normalized spacial score (nSPS) is 11.5. The first-order valence-corrected chi connectivity index (χ1v) is 6.72. The Morgan fingerprint density at radius 2 is 2.00 bits per heavy atom. The average molecular weight is 309 g/mol. The molecular formula is C15H21ClN4O. The molecule has 1 atom stereocenters. The molecule has 1 heterocycles. The van der Waals surface area contributed by atoms with Crippen molar-refractivity contribution in [3.05, 3.63) is 53.9 Å². The average Bonchev–Trinajstić information content (AvgIpc) is 2.98. The van der Waals surface area contributed by atoms with E-state index in [1.54, 1.807) is 6.20 Å². The van der Waals surface area contributed by atoms with E-state index in [2.05, 4.69) is 22.5 Å². The standard InChI is InChI=1S/C15H20N4O.ClH/c1-12(9-16)15(20)17-10-13-3-5-14(6-4-13)11-19-8-2-7-18-19;/h2-8,12H,9-11,16H2,1H3,(H,17,20);1H. The maximum Gasteiger partial charge on any atom is 0.224 e. The van der Waals surface area contributed by atoms with E-state index in [0.717, 1.165) is 12.1 Å². The molecule has 2 aromatic rings. The van der Waals surface area contributed by atoms with E-state index in [9.17, 15) is 4.79 Å². The van der Waals surface area contributed by atoms with Crippen LogP contribution in [0, 0.1) is 5.92 Å². The molecule has 0 bridgehead atoms. The van der Waals surface area contributed by atoms with Crippen LogP contribution in [-0.2, 0) is 17.9 Å². The lowest BCUT2D eigenvalue weighted by molar-refractivity contribution is -0.124. The summed E-state index contributed by atoms with van der Waals surface area (Å²) in [5, 5.41) is 7.05. The molecule has 6 heteroatoms. The Kier molecular flexibility index (Phi) is 6.91. The Hall–Kier alpha value is -1.85. The largest absolute Gasteiger partial charge is 0.352 e. The van der Waals surface area contributed by atoms with Gasteiger partial charge in [-0.3, -0.25) is 9.48 Å². The predicted octanol–water partition coefficient (Wildman–Crippen LogP) is 1.56. The van der Waals surface area contributed by atoms with Crippen LogP contribution in [0.25, 0.3) is 0 Å². The van der Waals surface area contributed by atoms with Crippen molar-refractivity contribution in [1.82, 2.24) is 15.1 Å². The van der Waals surface area contributed by atoms with Crippen LogP contribution in [0.1, 0.15) is 18.1 Å². The van der Waals surface area contributed by atoms with Crippen molar-refractivity contribution in [2.45, 2.75) is 20.0 Å². The molecule has 0 saturated heterocycles. The SMILES string of the molecule is CC(CN)C(=O)NCc1ccc(Cn2cccn2)cc1.Cl. The number of hydrogen-bond acceptors (Lipinski definition) is 3. The van der Waals surface area contributed by atoms with Gasteiger partial charge in [-0.2, -0.15) is 5.10 Å². The van der Waals surface area contributed by atoms with Gasteiger partial charge in [-0.15, -0.1) is 12.4 Å². The van der Waals surface area contributed by atoms with Crippen LogP contribution in [0.3, 0.4) is 0 Å². The molecule has 0 saturated carbocycles. The summed E-state index contributed by atoms with van der Waals surface area (Å²) >= 11 is 0. The van der Waals surface area contributed by atoms with Gasteiger partial charge in [0.05, 0.1) is 6.54 Å². The molecule has 5 nitrogen and oxygen atoms in total. The molecule has 1 unspecified atom stereocenters. The third kappa shape index (κ3) is 5.21.